The Balaban J connectivity index is 1.70. The van der Waals surface area contributed by atoms with Gasteiger partial charge in [0.05, 0.1) is 158 Å². The van der Waals surface area contributed by atoms with E-state index in [0.717, 1.165) is 13.0 Å². The van der Waals surface area contributed by atoms with Gasteiger partial charge in [0.25, 0.3) is 0 Å². The minimum Gasteiger partial charge on any atom is -0.420 e. The van der Waals surface area contributed by atoms with E-state index in [1.807, 2.05) is 0 Å². The number of rotatable bonds is 43. The predicted octanol–water partition coefficient (Wildman–Crippen LogP) is 4.87. The van der Waals surface area contributed by atoms with Crippen LogP contribution in [0.1, 0.15) is 32.1 Å². The Hall–Kier alpha value is -1.41. The molecule has 20 heteroatoms. The number of hydrogen-bond donors (Lipinski definition) is 0. The van der Waals surface area contributed by atoms with Gasteiger partial charge in [0, 0.05) is 6.61 Å². The molecule has 0 aliphatic rings. The van der Waals surface area contributed by atoms with E-state index in [0.29, 0.717) is 126 Å². The summed E-state index contributed by atoms with van der Waals surface area (Å²) in [5.74, 6) is -14.1. The molecule has 0 saturated carbocycles. The fourth-order valence-corrected chi connectivity index (χ4v) is 4.71. The second kappa shape index (κ2) is 40.0. The van der Waals surface area contributed by atoms with Gasteiger partial charge in [0.2, 0.25) is 34.8 Å². The van der Waals surface area contributed by atoms with Gasteiger partial charge in [0.1, 0.15) is 0 Å². The summed E-state index contributed by atoms with van der Waals surface area (Å²) in [6, 6.07) is 0. The molecule has 1 aromatic rings. The summed E-state index contributed by atoms with van der Waals surface area (Å²) in [5, 5.41) is 0. The van der Waals surface area contributed by atoms with Crippen molar-refractivity contribution in [1.82, 2.24) is 0 Å². The molecule has 0 fully saturated rings. The van der Waals surface area contributed by atoms with Crippen molar-refractivity contribution in [3.05, 3.63) is 29.1 Å². The third kappa shape index (κ3) is 31.2. The molecular weight excluding hydrogens is 890 g/mol. The lowest BCUT2D eigenvalue weighted by Crippen LogP contribution is -2.16. The lowest BCUT2D eigenvalue weighted by molar-refractivity contribution is -0.136. The number of halogens is 6. The van der Waals surface area contributed by atoms with Gasteiger partial charge < -0.3 is 61.6 Å². The number of hydrogen-bond acceptors (Lipinski definition) is 14. The van der Waals surface area contributed by atoms with E-state index in [1.54, 1.807) is 0 Å². The van der Waals surface area contributed by atoms with Crippen molar-refractivity contribution < 1.29 is 88.3 Å². The molecule has 334 valence electrons. The number of unbranched alkanes of at least 4 members (excludes halogenated alkanes) is 3. The fourth-order valence-electron chi connectivity index (χ4n) is 4.17. The molecule has 1 aromatic carbocycles. The zero-order chi connectivity index (χ0) is 41.4. The SMILES string of the molecule is O=C(CCOCCOCCOCCOCCOCCOCCOCCOCCOCCOCCOCCOCCCCCCI)Oc1c(F)c(F)c(F)c(F)c1F. The highest BCUT2D eigenvalue weighted by Crippen LogP contribution is 2.29. The van der Waals surface area contributed by atoms with Crippen molar-refractivity contribution >= 4 is 28.6 Å². The van der Waals surface area contributed by atoms with Crippen molar-refractivity contribution in [2.75, 3.05) is 163 Å². The monoisotopic (exact) mass is 950 g/mol. The first-order valence-electron chi connectivity index (χ1n) is 19.1. The summed E-state index contributed by atoms with van der Waals surface area (Å²) < 4.78 is 137. The largest absolute Gasteiger partial charge is 0.420 e. The Kier molecular flexibility index (Phi) is 37.6. The minimum absolute atomic E-state index is 0.0798. The minimum atomic E-state index is -2.35. The molecule has 0 N–H and O–H groups in total. The number of esters is 1. The van der Waals surface area contributed by atoms with Gasteiger partial charge >= 0.3 is 5.97 Å². The van der Waals surface area contributed by atoms with E-state index in [4.69, 9.17) is 56.8 Å². The standard InChI is InChI=1S/C37H60F5IO14/c38-32-33(39)35(41)37(36(42)34(32)40)57-31(44)5-8-46-10-12-48-14-16-50-18-20-52-22-24-54-26-28-56-30-29-55-27-25-53-23-21-51-19-17-49-15-13-47-11-9-45-7-4-2-1-3-6-43/h1-30H2. The van der Waals surface area contributed by atoms with Crippen molar-refractivity contribution in [1.29, 1.82) is 0 Å². The molecule has 0 heterocycles. The molecule has 1 rings (SSSR count). The van der Waals surface area contributed by atoms with Gasteiger partial charge in [-0.2, -0.15) is 8.78 Å². The Morgan fingerprint density at radius 3 is 0.877 bits per heavy atom. The topological polar surface area (TPSA) is 137 Å². The lowest BCUT2D eigenvalue weighted by Gasteiger charge is -2.09. The average Bonchev–Trinajstić information content (AvgIpc) is 3.21. The summed E-state index contributed by atoms with van der Waals surface area (Å²) in [5.41, 5.74) is 0. The van der Waals surface area contributed by atoms with Crippen LogP contribution in [0, 0.1) is 29.1 Å². The highest BCUT2D eigenvalue weighted by Gasteiger charge is 2.28. The third-order valence-corrected chi connectivity index (χ3v) is 7.86. The zero-order valence-corrected chi connectivity index (χ0v) is 34.9. The van der Waals surface area contributed by atoms with Gasteiger partial charge in [-0.3, -0.25) is 4.79 Å². The van der Waals surface area contributed by atoms with Crippen molar-refractivity contribution in [2.24, 2.45) is 0 Å². The van der Waals surface area contributed by atoms with Gasteiger partial charge in [0.15, 0.2) is 0 Å². The van der Waals surface area contributed by atoms with Crippen LogP contribution in [-0.2, 0) is 61.6 Å². The normalized spacial score (nSPS) is 11.5. The number of carbonyl (C=O) groups is 1. The maximum Gasteiger partial charge on any atom is 0.313 e. The quantitative estimate of drug-likeness (QED) is 0.0129. The van der Waals surface area contributed by atoms with Crippen LogP contribution in [0.3, 0.4) is 0 Å². The van der Waals surface area contributed by atoms with E-state index in [2.05, 4.69) is 27.3 Å². The summed E-state index contributed by atoms with van der Waals surface area (Å²) in [4.78, 5) is 11.7. The predicted molar refractivity (Wildman–Crippen MR) is 204 cm³/mol. The summed E-state index contributed by atoms with van der Waals surface area (Å²) in [7, 11) is 0. The molecule has 0 atom stereocenters. The first-order valence-corrected chi connectivity index (χ1v) is 20.6. The molecule has 0 radical (unpaired) electrons. The maximum atomic E-state index is 13.6. The van der Waals surface area contributed by atoms with Crippen LogP contribution in [0.25, 0.3) is 0 Å². The van der Waals surface area contributed by atoms with Crippen molar-refractivity contribution in [3.63, 3.8) is 0 Å². The summed E-state index contributed by atoms with van der Waals surface area (Å²) >= 11 is 2.41. The van der Waals surface area contributed by atoms with Crippen LogP contribution in [0.2, 0.25) is 0 Å². The Labute approximate surface area is 345 Å². The summed E-state index contributed by atoms with van der Waals surface area (Å²) in [6.45, 7) is 9.91. The molecule has 57 heavy (non-hydrogen) atoms. The molecule has 0 amide bonds. The Morgan fingerprint density at radius 2 is 0.579 bits per heavy atom. The van der Waals surface area contributed by atoms with Gasteiger partial charge in [-0.25, -0.2) is 13.2 Å². The van der Waals surface area contributed by atoms with Crippen LogP contribution >= 0.6 is 22.6 Å². The molecule has 0 saturated heterocycles. The molecular formula is C37H60F5IO14. The average molecular weight is 951 g/mol. The maximum absolute atomic E-state index is 13.6. The second-order valence-electron chi connectivity index (χ2n) is 11.6. The molecule has 0 spiro atoms. The van der Waals surface area contributed by atoms with Gasteiger partial charge in [-0.15, -0.1) is 0 Å². The number of ether oxygens (including phenoxy) is 13. The first-order chi connectivity index (χ1) is 27.9. The van der Waals surface area contributed by atoms with E-state index in [9.17, 15) is 26.7 Å². The van der Waals surface area contributed by atoms with E-state index in [1.165, 1.54) is 23.7 Å². The number of carbonyl (C=O) groups excluding carboxylic acids is 1. The van der Waals surface area contributed by atoms with E-state index in [-0.39, 0.29) is 26.4 Å². The Bertz CT molecular complexity index is 1070. The second-order valence-corrected chi connectivity index (χ2v) is 12.7. The molecule has 0 aromatic heterocycles. The Morgan fingerprint density at radius 1 is 0.333 bits per heavy atom. The van der Waals surface area contributed by atoms with Crippen molar-refractivity contribution in [3.8, 4) is 5.75 Å². The fraction of sp³-hybridized carbons (Fsp3) is 0.811. The molecule has 0 bridgehead atoms. The molecule has 14 nitrogen and oxygen atoms in total. The lowest BCUT2D eigenvalue weighted by atomic mass is 10.2. The third-order valence-electron chi connectivity index (χ3n) is 7.10. The molecule has 0 aliphatic heterocycles. The highest BCUT2D eigenvalue weighted by molar-refractivity contribution is 14.1. The van der Waals surface area contributed by atoms with E-state index >= 15 is 0 Å². The van der Waals surface area contributed by atoms with Crippen LogP contribution in [-0.4, -0.2) is 169 Å². The van der Waals surface area contributed by atoms with Crippen LogP contribution in [0.4, 0.5) is 22.0 Å². The molecule has 0 unspecified atom stereocenters. The first kappa shape index (κ1) is 53.6. The van der Waals surface area contributed by atoms with E-state index < -0.39 is 47.2 Å². The van der Waals surface area contributed by atoms with Gasteiger partial charge in [-0.1, -0.05) is 35.4 Å². The van der Waals surface area contributed by atoms with Crippen LogP contribution in [0.15, 0.2) is 0 Å². The van der Waals surface area contributed by atoms with Crippen molar-refractivity contribution in [2.45, 2.75) is 32.1 Å². The van der Waals surface area contributed by atoms with Crippen LogP contribution in [0.5, 0.6) is 5.75 Å². The smallest absolute Gasteiger partial charge is 0.313 e. The zero-order valence-electron chi connectivity index (χ0n) is 32.7. The highest BCUT2D eigenvalue weighted by atomic mass is 127. The summed E-state index contributed by atoms with van der Waals surface area (Å²) in [6.07, 6.45) is 4.41. The number of benzene rings is 1. The van der Waals surface area contributed by atoms with Gasteiger partial charge in [-0.05, 0) is 17.3 Å². The van der Waals surface area contributed by atoms with Crippen LogP contribution < -0.4 is 4.74 Å². The molecule has 0 aliphatic carbocycles. The number of alkyl halides is 1.